The molecular weight excluding hydrogens is 344 g/mol. The van der Waals surface area contributed by atoms with Crippen molar-refractivity contribution in [3.8, 4) is 0 Å². The summed E-state index contributed by atoms with van der Waals surface area (Å²) in [5.74, 6) is 0. The zero-order valence-electron chi connectivity index (χ0n) is 11.9. The van der Waals surface area contributed by atoms with E-state index in [2.05, 4.69) is 20.7 Å². The number of nitrogens with two attached hydrogens (primary N) is 1. The van der Waals surface area contributed by atoms with Crippen LogP contribution in [-0.4, -0.2) is 26.2 Å². The third-order valence-corrected chi connectivity index (χ3v) is 5.47. The topological polar surface area (TPSA) is 92.4 Å². The second kappa shape index (κ2) is 6.43. The van der Waals surface area contributed by atoms with Gasteiger partial charge in [-0.3, -0.25) is 0 Å². The summed E-state index contributed by atoms with van der Waals surface area (Å²) < 4.78 is 28.0. The van der Waals surface area contributed by atoms with Crippen LogP contribution in [0.15, 0.2) is 27.6 Å². The van der Waals surface area contributed by atoms with Crippen molar-refractivity contribution in [3.05, 3.63) is 22.7 Å². The number of sulfonamides is 1. The van der Waals surface area contributed by atoms with E-state index in [9.17, 15) is 8.42 Å². The molecule has 0 radical (unpaired) electrons. The Hall–Kier alpha value is -0.630. The van der Waals surface area contributed by atoms with Gasteiger partial charge in [-0.2, -0.15) is 0 Å². The summed E-state index contributed by atoms with van der Waals surface area (Å²) >= 11 is 3.22. The fourth-order valence-electron chi connectivity index (χ4n) is 1.77. The van der Waals surface area contributed by atoms with E-state index < -0.39 is 10.0 Å². The van der Waals surface area contributed by atoms with E-state index in [4.69, 9.17) is 10.8 Å². The summed E-state index contributed by atoms with van der Waals surface area (Å²) in [6, 6.07) is 4.26. The maximum absolute atomic E-state index is 12.5. The highest BCUT2D eigenvalue weighted by atomic mass is 79.9. The smallest absolute Gasteiger partial charge is 0.242 e. The van der Waals surface area contributed by atoms with Crippen LogP contribution in [0.5, 0.6) is 0 Å². The van der Waals surface area contributed by atoms with Crippen LogP contribution in [0.2, 0.25) is 0 Å². The van der Waals surface area contributed by atoms with Gasteiger partial charge in [-0.05, 0) is 46.0 Å². The highest BCUT2D eigenvalue weighted by molar-refractivity contribution is 9.10. The lowest BCUT2D eigenvalue weighted by atomic mass is 9.86. The third kappa shape index (κ3) is 4.44. The van der Waals surface area contributed by atoms with Crippen molar-refractivity contribution in [1.29, 1.82) is 0 Å². The molecule has 4 N–H and O–H groups in total. The first-order valence-corrected chi connectivity index (χ1v) is 8.54. The number of benzene rings is 1. The van der Waals surface area contributed by atoms with Gasteiger partial charge in [0.1, 0.15) is 0 Å². The van der Waals surface area contributed by atoms with Crippen LogP contribution in [-0.2, 0) is 10.0 Å². The van der Waals surface area contributed by atoms with Crippen LogP contribution in [0.1, 0.15) is 27.2 Å². The molecule has 0 bridgehead atoms. The SMILES string of the molecule is CC(C)(C)C(CCO)NS(=O)(=O)c1cc(N)ccc1Br. The number of aliphatic hydroxyl groups excluding tert-OH is 1. The fraction of sp³-hybridized carbons (Fsp3) is 0.538. The molecule has 1 atom stereocenters. The molecule has 0 amide bonds. The Kier molecular flexibility index (Phi) is 5.60. The zero-order chi connectivity index (χ0) is 15.6. The molecule has 7 heteroatoms. The van der Waals surface area contributed by atoms with Crippen molar-refractivity contribution in [3.63, 3.8) is 0 Å². The highest BCUT2D eigenvalue weighted by Gasteiger charge is 2.30. The van der Waals surface area contributed by atoms with Crippen LogP contribution in [0.25, 0.3) is 0 Å². The van der Waals surface area contributed by atoms with Crippen LogP contribution < -0.4 is 10.5 Å². The lowest BCUT2D eigenvalue weighted by molar-refractivity contribution is 0.214. The van der Waals surface area contributed by atoms with E-state index in [0.717, 1.165) is 0 Å². The summed E-state index contributed by atoms with van der Waals surface area (Å²) in [6.07, 6.45) is 0.350. The largest absolute Gasteiger partial charge is 0.399 e. The average molecular weight is 365 g/mol. The molecule has 5 nitrogen and oxygen atoms in total. The monoisotopic (exact) mass is 364 g/mol. The number of halogens is 1. The molecule has 0 spiro atoms. The van der Waals surface area contributed by atoms with Crippen molar-refractivity contribution < 1.29 is 13.5 Å². The molecule has 20 heavy (non-hydrogen) atoms. The van der Waals surface area contributed by atoms with Crippen molar-refractivity contribution >= 4 is 31.6 Å². The Labute approximate surface area is 128 Å². The van der Waals surface area contributed by atoms with Crippen LogP contribution in [0.3, 0.4) is 0 Å². The Morgan fingerprint density at radius 3 is 2.50 bits per heavy atom. The Morgan fingerprint density at radius 1 is 1.40 bits per heavy atom. The van der Waals surface area contributed by atoms with E-state index in [1.807, 2.05) is 20.8 Å². The number of hydrogen-bond acceptors (Lipinski definition) is 4. The fourth-order valence-corrected chi connectivity index (χ4v) is 4.25. The lowest BCUT2D eigenvalue weighted by Crippen LogP contribution is -2.44. The maximum atomic E-state index is 12.5. The molecule has 1 rings (SSSR count). The molecule has 1 aromatic rings. The zero-order valence-corrected chi connectivity index (χ0v) is 14.3. The molecule has 0 fully saturated rings. The van der Waals surface area contributed by atoms with E-state index >= 15 is 0 Å². The number of anilines is 1. The van der Waals surface area contributed by atoms with Gasteiger partial charge in [0, 0.05) is 22.8 Å². The normalized spacial score (nSPS) is 14.2. The molecule has 0 aliphatic rings. The van der Waals surface area contributed by atoms with Gasteiger partial charge >= 0.3 is 0 Å². The maximum Gasteiger partial charge on any atom is 0.242 e. The summed E-state index contributed by atoms with van der Waals surface area (Å²) in [4.78, 5) is 0.102. The van der Waals surface area contributed by atoms with Crippen molar-refractivity contribution in [1.82, 2.24) is 4.72 Å². The predicted molar refractivity (Wildman–Crippen MR) is 83.8 cm³/mol. The molecule has 114 valence electrons. The van der Waals surface area contributed by atoms with Crippen molar-refractivity contribution in [2.45, 2.75) is 38.1 Å². The average Bonchev–Trinajstić information content (AvgIpc) is 2.30. The van der Waals surface area contributed by atoms with Gasteiger partial charge in [-0.25, -0.2) is 13.1 Å². The third-order valence-electron chi connectivity index (χ3n) is 3.01. The van der Waals surface area contributed by atoms with Crippen LogP contribution in [0.4, 0.5) is 5.69 Å². The Bertz CT molecular complexity index is 567. The van der Waals surface area contributed by atoms with Crippen molar-refractivity contribution in [2.24, 2.45) is 5.41 Å². The van der Waals surface area contributed by atoms with E-state index in [1.165, 1.54) is 6.07 Å². The molecule has 0 aromatic heterocycles. The number of rotatable bonds is 5. The molecule has 1 unspecified atom stereocenters. The summed E-state index contributed by atoms with van der Waals surface area (Å²) in [5.41, 5.74) is 5.72. The predicted octanol–water partition coefficient (Wildman–Crippen LogP) is 2.11. The minimum absolute atomic E-state index is 0.0808. The molecule has 0 heterocycles. The van der Waals surface area contributed by atoms with Crippen molar-refractivity contribution in [2.75, 3.05) is 12.3 Å². The van der Waals surface area contributed by atoms with Gasteiger partial charge in [0.15, 0.2) is 0 Å². The minimum atomic E-state index is -3.71. The first kappa shape index (κ1) is 17.4. The number of aliphatic hydroxyl groups is 1. The number of nitrogens with one attached hydrogen (secondary N) is 1. The standard InChI is InChI=1S/C13H21BrN2O3S/c1-13(2,3)12(6-7-17)16-20(18,19)11-8-9(15)4-5-10(11)14/h4-5,8,12,16-17H,6-7,15H2,1-3H3. The lowest BCUT2D eigenvalue weighted by Gasteiger charge is -2.31. The van der Waals surface area contributed by atoms with Gasteiger partial charge < -0.3 is 10.8 Å². The van der Waals surface area contributed by atoms with Crippen LogP contribution in [0, 0.1) is 5.41 Å². The van der Waals surface area contributed by atoms with Gasteiger partial charge in [0.05, 0.1) is 4.90 Å². The quantitative estimate of drug-likeness (QED) is 0.697. The molecule has 1 aromatic carbocycles. The summed E-state index contributed by atoms with van der Waals surface area (Å²) in [7, 11) is -3.71. The van der Waals surface area contributed by atoms with Crippen LogP contribution >= 0.6 is 15.9 Å². The second-order valence-corrected chi connectivity index (χ2v) is 8.28. The van der Waals surface area contributed by atoms with E-state index in [0.29, 0.717) is 16.6 Å². The first-order chi connectivity index (χ1) is 9.08. The van der Waals surface area contributed by atoms with E-state index in [-0.39, 0.29) is 23.0 Å². The molecule has 0 aliphatic carbocycles. The van der Waals surface area contributed by atoms with E-state index in [1.54, 1.807) is 12.1 Å². The van der Waals surface area contributed by atoms with Gasteiger partial charge in [0.2, 0.25) is 10.0 Å². The summed E-state index contributed by atoms with van der Waals surface area (Å²) in [5, 5.41) is 9.10. The number of hydrogen-bond donors (Lipinski definition) is 3. The van der Waals surface area contributed by atoms with Gasteiger partial charge in [-0.1, -0.05) is 20.8 Å². The minimum Gasteiger partial charge on any atom is -0.399 e. The van der Waals surface area contributed by atoms with Gasteiger partial charge in [0.25, 0.3) is 0 Å². The second-order valence-electron chi connectivity index (χ2n) is 5.74. The summed E-state index contributed by atoms with van der Waals surface area (Å²) in [6.45, 7) is 5.68. The number of nitrogen functional groups attached to an aromatic ring is 1. The molecule has 0 aliphatic heterocycles. The molecular formula is C13H21BrN2O3S. The molecule has 0 saturated carbocycles. The highest BCUT2D eigenvalue weighted by Crippen LogP contribution is 2.27. The molecule has 0 saturated heterocycles. The Morgan fingerprint density at radius 2 is 2.00 bits per heavy atom. The van der Waals surface area contributed by atoms with Gasteiger partial charge in [-0.15, -0.1) is 0 Å². The Balaban J connectivity index is 3.13. The first-order valence-electron chi connectivity index (χ1n) is 6.26.